The number of anilines is 2. The number of benzene rings is 2. The van der Waals surface area contributed by atoms with Crippen molar-refractivity contribution in [3.63, 3.8) is 0 Å². The lowest BCUT2D eigenvalue weighted by molar-refractivity contribution is -0.894. The van der Waals surface area contributed by atoms with E-state index in [4.69, 9.17) is 11.6 Å². The molecule has 0 spiro atoms. The molecule has 5 nitrogen and oxygen atoms in total. The molecular weight excluding hydrogens is 360 g/mol. The number of carbonyl (C=O) groups is 1. The molecule has 2 atom stereocenters. The van der Waals surface area contributed by atoms with Crippen LogP contribution >= 0.6 is 11.6 Å². The zero-order chi connectivity index (χ0) is 19.4. The maximum Gasteiger partial charge on any atom is 0.279 e. The van der Waals surface area contributed by atoms with Gasteiger partial charge in [-0.2, -0.15) is 5.26 Å². The van der Waals surface area contributed by atoms with Crippen molar-refractivity contribution in [1.82, 2.24) is 0 Å². The van der Waals surface area contributed by atoms with E-state index < -0.39 is 0 Å². The summed E-state index contributed by atoms with van der Waals surface area (Å²) in [5.74, 6) is -0.0972. The van der Waals surface area contributed by atoms with E-state index >= 15 is 0 Å². The molecule has 0 aliphatic carbocycles. The van der Waals surface area contributed by atoms with Crippen molar-refractivity contribution in [2.45, 2.75) is 19.9 Å². The second kappa shape index (κ2) is 8.43. The average molecular weight is 384 g/mol. The van der Waals surface area contributed by atoms with Gasteiger partial charge in [0.1, 0.15) is 6.07 Å². The van der Waals surface area contributed by atoms with Gasteiger partial charge in [-0.15, -0.1) is 0 Å². The van der Waals surface area contributed by atoms with Gasteiger partial charge >= 0.3 is 0 Å². The molecule has 140 valence electrons. The van der Waals surface area contributed by atoms with Gasteiger partial charge in [-0.05, 0) is 49.7 Å². The molecule has 3 rings (SSSR count). The lowest BCUT2D eigenvalue weighted by atomic mass is 10.1. The first kappa shape index (κ1) is 19.2. The van der Waals surface area contributed by atoms with Gasteiger partial charge in [-0.3, -0.25) is 4.79 Å². The predicted molar refractivity (Wildman–Crippen MR) is 108 cm³/mol. The third kappa shape index (κ3) is 4.79. The Bertz CT molecular complexity index is 877. The monoisotopic (exact) mass is 383 g/mol. The molecule has 1 saturated heterocycles. The molecule has 1 amide bonds. The third-order valence-corrected chi connectivity index (χ3v) is 5.18. The van der Waals surface area contributed by atoms with Crippen molar-refractivity contribution in [1.29, 1.82) is 5.26 Å². The van der Waals surface area contributed by atoms with E-state index in [0.29, 0.717) is 28.9 Å². The van der Waals surface area contributed by atoms with E-state index in [1.165, 1.54) is 16.2 Å². The normalized spacial score (nSPS) is 19.4. The SMILES string of the molecule is Cc1cccc(N2CC[NH+](CC(=O)Nc3cc(Cl)ccc3C#N)C[C@@H]2C)c1. The number of halogens is 1. The summed E-state index contributed by atoms with van der Waals surface area (Å²) in [4.78, 5) is 16.1. The van der Waals surface area contributed by atoms with Crippen LogP contribution in [0.2, 0.25) is 5.02 Å². The molecule has 0 saturated carbocycles. The highest BCUT2D eigenvalue weighted by atomic mass is 35.5. The zero-order valence-electron chi connectivity index (χ0n) is 15.6. The first-order chi connectivity index (χ1) is 13.0. The highest BCUT2D eigenvalue weighted by molar-refractivity contribution is 6.31. The van der Waals surface area contributed by atoms with Crippen LogP contribution in [0.5, 0.6) is 0 Å². The number of piperazine rings is 1. The van der Waals surface area contributed by atoms with E-state index in [1.54, 1.807) is 18.2 Å². The number of amides is 1. The van der Waals surface area contributed by atoms with Crippen LogP contribution < -0.4 is 15.1 Å². The van der Waals surface area contributed by atoms with Gasteiger partial charge in [-0.1, -0.05) is 23.7 Å². The lowest BCUT2D eigenvalue weighted by Gasteiger charge is -2.38. The van der Waals surface area contributed by atoms with Crippen LogP contribution in [0.25, 0.3) is 0 Å². The van der Waals surface area contributed by atoms with Crippen molar-refractivity contribution < 1.29 is 9.69 Å². The van der Waals surface area contributed by atoms with Crippen LogP contribution in [0.4, 0.5) is 11.4 Å². The summed E-state index contributed by atoms with van der Waals surface area (Å²) < 4.78 is 0. The highest BCUT2D eigenvalue weighted by Crippen LogP contribution is 2.20. The number of hydrogen-bond donors (Lipinski definition) is 2. The number of rotatable bonds is 4. The van der Waals surface area contributed by atoms with Crippen LogP contribution in [0.1, 0.15) is 18.1 Å². The number of nitrogens with zero attached hydrogens (tertiary/aromatic N) is 2. The van der Waals surface area contributed by atoms with Crippen LogP contribution in [0.15, 0.2) is 42.5 Å². The van der Waals surface area contributed by atoms with Gasteiger partial charge in [0.05, 0.1) is 36.9 Å². The molecule has 2 aromatic carbocycles. The minimum atomic E-state index is -0.0972. The quantitative estimate of drug-likeness (QED) is 0.851. The highest BCUT2D eigenvalue weighted by Gasteiger charge is 2.28. The Kier molecular flexibility index (Phi) is 6.00. The Morgan fingerprint density at radius 2 is 2.19 bits per heavy atom. The molecule has 1 aliphatic heterocycles. The van der Waals surface area contributed by atoms with Crippen LogP contribution in [-0.4, -0.2) is 38.1 Å². The summed E-state index contributed by atoms with van der Waals surface area (Å²) >= 11 is 5.98. The van der Waals surface area contributed by atoms with Crippen molar-refractivity contribution in [2.75, 3.05) is 36.4 Å². The minimum Gasteiger partial charge on any atom is -0.358 e. The molecule has 1 heterocycles. The Balaban J connectivity index is 1.59. The van der Waals surface area contributed by atoms with Gasteiger partial charge in [-0.25, -0.2) is 0 Å². The van der Waals surface area contributed by atoms with Crippen molar-refractivity contribution in [2.24, 2.45) is 0 Å². The van der Waals surface area contributed by atoms with E-state index in [-0.39, 0.29) is 5.91 Å². The average Bonchev–Trinajstić information content (AvgIpc) is 2.62. The summed E-state index contributed by atoms with van der Waals surface area (Å²) in [6, 6.07) is 15.8. The van der Waals surface area contributed by atoms with Crippen molar-refractivity contribution in [3.05, 3.63) is 58.6 Å². The van der Waals surface area contributed by atoms with Gasteiger partial charge < -0.3 is 15.1 Å². The topological polar surface area (TPSA) is 60.6 Å². The summed E-state index contributed by atoms with van der Waals surface area (Å²) in [6.07, 6.45) is 0. The summed E-state index contributed by atoms with van der Waals surface area (Å²) in [5.41, 5.74) is 3.38. The molecule has 0 bridgehead atoms. The van der Waals surface area contributed by atoms with Crippen LogP contribution in [-0.2, 0) is 4.79 Å². The fraction of sp³-hybridized carbons (Fsp3) is 0.333. The molecule has 1 unspecified atom stereocenters. The van der Waals surface area contributed by atoms with Gasteiger partial charge in [0, 0.05) is 10.7 Å². The predicted octanol–water partition coefficient (Wildman–Crippen LogP) is 2.25. The number of nitriles is 1. The standard InChI is InChI=1S/C21H23ClN4O/c1-15-4-3-5-19(10-15)26-9-8-25(13-16(26)2)14-21(27)24-20-11-18(22)7-6-17(20)12-23/h3-7,10-11,16H,8-9,13-14H2,1-2H3,(H,24,27)/p+1/t16-/m0/s1. The molecular formula is C21H24ClN4O+. The second-order valence-corrected chi connectivity index (χ2v) is 7.55. The van der Waals surface area contributed by atoms with Crippen molar-refractivity contribution in [3.8, 4) is 6.07 Å². The van der Waals surface area contributed by atoms with Gasteiger partial charge in [0.15, 0.2) is 6.54 Å². The van der Waals surface area contributed by atoms with Crippen LogP contribution in [0.3, 0.4) is 0 Å². The minimum absolute atomic E-state index is 0.0972. The Labute approximate surface area is 165 Å². The lowest BCUT2D eigenvalue weighted by Crippen LogP contribution is -3.16. The van der Waals surface area contributed by atoms with E-state index in [0.717, 1.165) is 19.6 Å². The second-order valence-electron chi connectivity index (χ2n) is 7.11. The number of hydrogen-bond acceptors (Lipinski definition) is 3. The number of quaternary nitrogens is 1. The largest absolute Gasteiger partial charge is 0.358 e. The fourth-order valence-corrected chi connectivity index (χ4v) is 3.79. The van der Waals surface area contributed by atoms with E-state index in [2.05, 4.69) is 54.4 Å². The number of carbonyl (C=O) groups excluding carboxylic acids is 1. The smallest absolute Gasteiger partial charge is 0.279 e. The maximum atomic E-state index is 12.5. The molecule has 2 N–H and O–H groups in total. The summed E-state index contributed by atoms with van der Waals surface area (Å²) in [7, 11) is 0. The van der Waals surface area contributed by atoms with Crippen LogP contribution in [0, 0.1) is 18.3 Å². The van der Waals surface area contributed by atoms with Gasteiger partial charge in [0.25, 0.3) is 5.91 Å². The molecule has 6 heteroatoms. The Hall–Kier alpha value is -2.55. The van der Waals surface area contributed by atoms with E-state index in [9.17, 15) is 10.1 Å². The molecule has 0 aromatic heterocycles. The first-order valence-electron chi connectivity index (χ1n) is 9.12. The fourth-order valence-electron chi connectivity index (χ4n) is 3.62. The first-order valence-corrected chi connectivity index (χ1v) is 9.50. The molecule has 1 fully saturated rings. The maximum absolute atomic E-state index is 12.5. The Morgan fingerprint density at radius 1 is 1.37 bits per heavy atom. The number of nitrogens with one attached hydrogen (secondary N) is 2. The third-order valence-electron chi connectivity index (χ3n) is 4.94. The van der Waals surface area contributed by atoms with Crippen molar-refractivity contribution >= 4 is 28.9 Å². The summed E-state index contributed by atoms with van der Waals surface area (Å²) in [5, 5.41) is 12.5. The molecule has 27 heavy (non-hydrogen) atoms. The number of aryl methyl sites for hydroxylation is 1. The zero-order valence-corrected chi connectivity index (χ0v) is 16.4. The Morgan fingerprint density at radius 3 is 2.89 bits per heavy atom. The molecule has 1 aliphatic rings. The molecule has 0 radical (unpaired) electrons. The van der Waals surface area contributed by atoms with E-state index in [1.807, 2.05) is 0 Å². The van der Waals surface area contributed by atoms with Gasteiger partial charge in [0.2, 0.25) is 0 Å². The molecule has 2 aromatic rings. The summed E-state index contributed by atoms with van der Waals surface area (Å²) in [6.45, 7) is 7.38.